The Hall–Kier alpha value is -3.32. The highest BCUT2D eigenvalue weighted by atomic mass is 14.7. The molecule has 1 N–H and O–H groups in total. The number of rotatable bonds is 2. The molecule has 0 fully saturated rings. The van der Waals surface area contributed by atoms with Gasteiger partial charge in [-0.2, -0.15) is 0 Å². The summed E-state index contributed by atoms with van der Waals surface area (Å²) in [5, 5.41) is 2.65. The van der Waals surface area contributed by atoms with Crippen LogP contribution in [-0.4, -0.2) is 4.98 Å². The van der Waals surface area contributed by atoms with Gasteiger partial charge in [-0.1, -0.05) is 73.2 Å². The minimum atomic E-state index is 0.395. The standard InChI is InChI=1S/C28H23N/c1-17-11-13-26-24(15-17)25-16-19(12-14-27(25)29-26)18(2)28-22-9-5-3-7-20(22)21-8-4-6-10-23(21)28/h3-16,18,28-29H,1-2H3. The van der Waals surface area contributed by atoms with Gasteiger partial charge in [0.2, 0.25) is 0 Å². The minimum Gasteiger partial charge on any atom is -0.355 e. The summed E-state index contributed by atoms with van der Waals surface area (Å²) < 4.78 is 0. The van der Waals surface area contributed by atoms with E-state index in [4.69, 9.17) is 0 Å². The van der Waals surface area contributed by atoms with Crippen molar-refractivity contribution in [2.75, 3.05) is 0 Å². The maximum atomic E-state index is 3.57. The molecular formula is C28H23N. The Morgan fingerprint density at radius 3 is 1.97 bits per heavy atom. The molecule has 1 heterocycles. The second kappa shape index (κ2) is 6.09. The van der Waals surface area contributed by atoms with Crippen LogP contribution in [0.1, 0.15) is 41.0 Å². The molecule has 4 aromatic carbocycles. The quantitative estimate of drug-likeness (QED) is 0.329. The minimum absolute atomic E-state index is 0.395. The first-order valence-electron chi connectivity index (χ1n) is 10.4. The second-order valence-corrected chi connectivity index (χ2v) is 8.42. The predicted octanol–water partition coefficient (Wildman–Crippen LogP) is 7.55. The van der Waals surface area contributed by atoms with E-state index < -0.39 is 0 Å². The molecule has 0 spiro atoms. The zero-order valence-corrected chi connectivity index (χ0v) is 16.7. The van der Waals surface area contributed by atoms with Crippen LogP contribution >= 0.6 is 0 Å². The second-order valence-electron chi connectivity index (χ2n) is 8.42. The Labute approximate surface area is 171 Å². The highest BCUT2D eigenvalue weighted by molar-refractivity contribution is 6.07. The van der Waals surface area contributed by atoms with E-state index in [1.54, 1.807) is 0 Å². The lowest BCUT2D eigenvalue weighted by atomic mass is 9.81. The van der Waals surface area contributed by atoms with Crippen molar-refractivity contribution in [2.24, 2.45) is 0 Å². The lowest BCUT2D eigenvalue weighted by Gasteiger charge is -2.22. The Kier molecular flexibility index (Phi) is 3.49. The smallest absolute Gasteiger partial charge is 0.0465 e. The van der Waals surface area contributed by atoms with Crippen molar-refractivity contribution in [1.82, 2.24) is 4.98 Å². The third-order valence-corrected chi connectivity index (χ3v) is 6.69. The Balaban J connectivity index is 1.53. The van der Waals surface area contributed by atoms with Crippen LogP contribution in [0, 0.1) is 6.92 Å². The van der Waals surface area contributed by atoms with Crippen LogP contribution in [0.4, 0.5) is 0 Å². The molecule has 5 aromatic rings. The molecule has 1 heteroatoms. The predicted molar refractivity (Wildman–Crippen MR) is 123 cm³/mol. The molecule has 29 heavy (non-hydrogen) atoms. The topological polar surface area (TPSA) is 15.8 Å². The summed E-state index contributed by atoms with van der Waals surface area (Å²) >= 11 is 0. The van der Waals surface area contributed by atoms with E-state index in [0.29, 0.717) is 11.8 Å². The molecule has 0 saturated carbocycles. The van der Waals surface area contributed by atoms with Crippen LogP contribution in [0.5, 0.6) is 0 Å². The van der Waals surface area contributed by atoms with Gasteiger partial charge in [0, 0.05) is 27.7 Å². The molecule has 0 radical (unpaired) electrons. The molecule has 140 valence electrons. The van der Waals surface area contributed by atoms with Crippen LogP contribution in [0.25, 0.3) is 32.9 Å². The Morgan fingerprint density at radius 2 is 1.28 bits per heavy atom. The number of hydrogen-bond acceptors (Lipinski definition) is 0. The molecule has 0 bridgehead atoms. The number of aromatic nitrogens is 1. The number of benzene rings is 4. The molecule has 1 atom stereocenters. The fourth-order valence-electron chi connectivity index (χ4n) is 5.24. The molecule has 0 amide bonds. The van der Waals surface area contributed by atoms with Gasteiger partial charge in [0.15, 0.2) is 0 Å². The van der Waals surface area contributed by atoms with E-state index in [-0.39, 0.29) is 0 Å². The van der Waals surface area contributed by atoms with Gasteiger partial charge < -0.3 is 4.98 Å². The van der Waals surface area contributed by atoms with Gasteiger partial charge >= 0.3 is 0 Å². The fourth-order valence-corrected chi connectivity index (χ4v) is 5.24. The molecule has 1 unspecified atom stereocenters. The van der Waals surface area contributed by atoms with Gasteiger partial charge in [0.05, 0.1) is 0 Å². The molecule has 0 saturated heterocycles. The highest BCUT2D eigenvalue weighted by Crippen LogP contribution is 2.50. The molecule has 6 rings (SSSR count). The van der Waals surface area contributed by atoms with Crippen molar-refractivity contribution in [2.45, 2.75) is 25.7 Å². The summed E-state index contributed by atoms with van der Waals surface area (Å²) in [6.07, 6.45) is 0. The van der Waals surface area contributed by atoms with Gasteiger partial charge in [0.1, 0.15) is 0 Å². The molecule has 1 nitrogen and oxygen atoms in total. The first-order valence-corrected chi connectivity index (χ1v) is 10.4. The SMILES string of the molecule is Cc1ccc2[nH]c3ccc(C(C)C4c5ccccc5-c5ccccc54)cc3c2c1. The summed E-state index contributed by atoms with van der Waals surface area (Å²) in [7, 11) is 0. The van der Waals surface area contributed by atoms with E-state index in [1.807, 2.05) is 0 Å². The van der Waals surface area contributed by atoms with E-state index in [2.05, 4.69) is 104 Å². The van der Waals surface area contributed by atoms with Crippen molar-refractivity contribution in [3.05, 3.63) is 107 Å². The van der Waals surface area contributed by atoms with Gasteiger partial charge in [-0.3, -0.25) is 0 Å². The average molecular weight is 373 g/mol. The van der Waals surface area contributed by atoms with E-state index >= 15 is 0 Å². The van der Waals surface area contributed by atoms with Crippen molar-refractivity contribution in [3.63, 3.8) is 0 Å². The Morgan fingerprint density at radius 1 is 0.690 bits per heavy atom. The zero-order valence-electron chi connectivity index (χ0n) is 16.7. The summed E-state index contributed by atoms with van der Waals surface area (Å²) in [6, 6.07) is 31.4. The monoisotopic (exact) mass is 373 g/mol. The van der Waals surface area contributed by atoms with Crippen LogP contribution in [-0.2, 0) is 0 Å². The van der Waals surface area contributed by atoms with E-state index in [1.165, 1.54) is 55.2 Å². The van der Waals surface area contributed by atoms with Crippen LogP contribution in [0.15, 0.2) is 84.9 Å². The molecule has 1 aliphatic carbocycles. The molecule has 1 aromatic heterocycles. The summed E-state index contributed by atoms with van der Waals surface area (Å²) in [4.78, 5) is 3.57. The Bertz CT molecular complexity index is 1340. The lowest BCUT2D eigenvalue weighted by molar-refractivity contribution is 0.671. The normalized spacial score (nSPS) is 14.3. The molecule has 1 aliphatic rings. The van der Waals surface area contributed by atoms with Gasteiger partial charge in [-0.25, -0.2) is 0 Å². The first kappa shape index (κ1) is 16.6. The molecular weight excluding hydrogens is 350 g/mol. The van der Waals surface area contributed by atoms with Crippen LogP contribution in [0.3, 0.4) is 0 Å². The van der Waals surface area contributed by atoms with Crippen molar-refractivity contribution < 1.29 is 0 Å². The number of aromatic amines is 1. The van der Waals surface area contributed by atoms with Crippen LogP contribution < -0.4 is 0 Å². The van der Waals surface area contributed by atoms with Crippen molar-refractivity contribution >= 4 is 21.8 Å². The number of fused-ring (bicyclic) bond motifs is 6. The summed E-state index contributed by atoms with van der Waals surface area (Å²) in [5.74, 6) is 0.797. The van der Waals surface area contributed by atoms with Gasteiger partial charge in [0.25, 0.3) is 0 Å². The lowest BCUT2D eigenvalue weighted by Crippen LogP contribution is -2.07. The first-order chi connectivity index (χ1) is 14.2. The number of H-pyrrole nitrogens is 1. The maximum Gasteiger partial charge on any atom is 0.0465 e. The average Bonchev–Trinajstić information content (AvgIpc) is 3.28. The van der Waals surface area contributed by atoms with Gasteiger partial charge in [-0.15, -0.1) is 0 Å². The van der Waals surface area contributed by atoms with Gasteiger partial charge in [-0.05, 0) is 64.9 Å². The van der Waals surface area contributed by atoms with Crippen molar-refractivity contribution in [3.8, 4) is 11.1 Å². The number of aryl methyl sites for hydroxylation is 1. The zero-order chi connectivity index (χ0) is 19.5. The third kappa shape index (κ3) is 2.40. The third-order valence-electron chi connectivity index (χ3n) is 6.69. The largest absolute Gasteiger partial charge is 0.355 e. The van der Waals surface area contributed by atoms with E-state index in [0.717, 1.165) is 0 Å². The van der Waals surface area contributed by atoms with Crippen LogP contribution in [0.2, 0.25) is 0 Å². The molecule has 0 aliphatic heterocycles. The summed E-state index contributed by atoms with van der Waals surface area (Å²) in [5.41, 5.74) is 10.8. The number of nitrogens with one attached hydrogen (secondary N) is 1. The maximum absolute atomic E-state index is 3.57. The fraction of sp³-hybridized carbons (Fsp3) is 0.143. The summed E-state index contributed by atoms with van der Waals surface area (Å²) in [6.45, 7) is 4.54. The van der Waals surface area contributed by atoms with E-state index in [9.17, 15) is 0 Å². The van der Waals surface area contributed by atoms with Crippen molar-refractivity contribution in [1.29, 1.82) is 0 Å². The number of hydrogen-bond donors (Lipinski definition) is 1. The highest BCUT2D eigenvalue weighted by Gasteiger charge is 2.32.